The number of aromatic nitrogens is 1. The van der Waals surface area contributed by atoms with Gasteiger partial charge in [0.05, 0.1) is 5.56 Å². The van der Waals surface area contributed by atoms with Gasteiger partial charge < -0.3 is 10.6 Å². The summed E-state index contributed by atoms with van der Waals surface area (Å²) in [5.41, 5.74) is 11.6. The highest BCUT2D eigenvalue weighted by molar-refractivity contribution is 5.94. The van der Waals surface area contributed by atoms with Crippen LogP contribution in [0, 0.1) is 0 Å². The number of carbonyl (C=O) groups is 1. The molecule has 0 spiro atoms. The lowest BCUT2D eigenvalue weighted by atomic mass is 9.86. The molecule has 1 saturated heterocycles. The molecule has 0 aliphatic carbocycles. The molecule has 0 radical (unpaired) electrons. The Balaban J connectivity index is 0.00000181. The molecule has 1 aromatic heterocycles. The number of rotatable bonds is 6. The average Bonchev–Trinajstić information content (AvgIpc) is 2.83. The van der Waals surface area contributed by atoms with Crippen molar-refractivity contribution in [3.8, 4) is 0 Å². The van der Waals surface area contributed by atoms with Gasteiger partial charge in [0.2, 0.25) is 0 Å². The van der Waals surface area contributed by atoms with Crippen molar-refractivity contribution in [2.45, 2.75) is 38.1 Å². The summed E-state index contributed by atoms with van der Waals surface area (Å²) in [5.74, 6) is 0.568. The maximum atomic E-state index is 13.1. The zero-order chi connectivity index (χ0) is 20.8. The van der Waals surface area contributed by atoms with Gasteiger partial charge in [-0.05, 0) is 59.9 Å². The molecular formula is C26H31Cl2N3O. The van der Waals surface area contributed by atoms with Gasteiger partial charge in [0.25, 0.3) is 5.91 Å². The van der Waals surface area contributed by atoms with Crippen LogP contribution in [0.3, 0.4) is 0 Å². The predicted octanol–water partition coefficient (Wildman–Crippen LogP) is 5.19. The Kier molecular flexibility index (Phi) is 10.2. The first-order valence-corrected chi connectivity index (χ1v) is 10.8. The first kappa shape index (κ1) is 25.9. The Morgan fingerprint density at radius 2 is 1.56 bits per heavy atom. The molecule has 4 nitrogen and oxygen atoms in total. The Morgan fingerprint density at radius 3 is 2.28 bits per heavy atom. The summed E-state index contributed by atoms with van der Waals surface area (Å²) in [6.07, 6.45) is 7.36. The second kappa shape index (κ2) is 12.6. The summed E-state index contributed by atoms with van der Waals surface area (Å²) in [5, 5.41) is 0. The van der Waals surface area contributed by atoms with Crippen LogP contribution in [0.1, 0.15) is 51.4 Å². The van der Waals surface area contributed by atoms with Crippen molar-refractivity contribution in [3.63, 3.8) is 0 Å². The monoisotopic (exact) mass is 471 g/mol. The molecule has 2 aromatic carbocycles. The Labute approximate surface area is 203 Å². The highest BCUT2D eigenvalue weighted by atomic mass is 35.5. The van der Waals surface area contributed by atoms with Gasteiger partial charge >= 0.3 is 0 Å². The summed E-state index contributed by atoms with van der Waals surface area (Å²) in [6.45, 7) is 2.12. The smallest absolute Gasteiger partial charge is 0.255 e. The third-order valence-electron chi connectivity index (χ3n) is 6.08. The number of likely N-dealkylation sites (tertiary alicyclic amines) is 1. The van der Waals surface area contributed by atoms with Gasteiger partial charge in [-0.15, -0.1) is 24.8 Å². The van der Waals surface area contributed by atoms with E-state index in [0.717, 1.165) is 44.3 Å². The SMILES string of the molecule is Cl.Cl.NCc1ccccc1C1CCN(C(=O)c2cncc(CCc3ccccc3)c2)CC1. The first-order chi connectivity index (χ1) is 14.7. The van der Waals surface area contributed by atoms with Crippen LogP contribution in [0.5, 0.6) is 0 Å². The average molecular weight is 472 g/mol. The van der Waals surface area contributed by atoms with Gasteiger partial charge in [0, 0.05) is 32.0 Å². The van der Waals surface area contributed by atoms with Crippen LogP contribution >= 0.6 is 24.8 Å². The Bertz CT molecular complexity index is 989. The molecule has 2 N–H and O–H groups in total. The minimum Gasteiger partial charge on any atom is -0.339 e. The number of piperidine rings is 1. The Morgan fingerprint density at radius 1 is 0.906 bits per heavy atom. The highest BCUT2D eigenvalue weighted by Crippen LogP contribution is 2.30. The van der Waals surface area contributed by atoms with Gasteiger partial charge in [-0.3, -0.25) is 9.78 Å². The molecule has 1 aliphatic rings. The maximum Gasteiger partial charge on any atom is 0.255 e. The Hall–Kier alpha value is -2.40. The fourth-order valence-corrected chi connectivity index (χ4v) is 4.37. The maximum absolute atomic E-state index is 13.1. The van der Waals surface area contributed by atoms with Crippen molar-refractivity contribution < 1.29 is 4.79 Å². The number of amides is 1. The normalized spacial score (nSPS) is 13.7. The van der Waals surface area contributed by atoms with E-state index in [1.165, 1.54) is 16.7 Å². The minimum atomic E-state index is 0. The van der Waals surface area contributed by atoms with E-state index in [1.807, 2.05) is 29.3 Å². The number of hydrogen-bond donors (Lipinski definition) is 1. The summed E-state index contributed by atoms with van der Waals surface area (Å²) in [7, 11) is 0. The van der Waals surface area contributed by atoms with Crippen LogP contribution < -0.4 is 5.73 Å². The molecule has 6 heteroatoms. The molecule has 1 amide bonds. The standard InChI is InChI=1S/C26H29N3O.2ClH/c27-17-23-8-4-5-9-25(23)22-12-14-29(15-13-22)26(30)24-16-21(18-28-19-24)11-10-20-6-2-1-3-7-20;;/h1-9,16,18-19,22H,10-15,17,27H2;2*1H. The quantitative estimate of drug-likeness (QED) is 0.537. The number of nitrogens with zero attached hydrogens (tertiary/aromatic N) is 2. The number of benzene rings is 2. The zero-order valence-electron chi connectivity index (χ0n) is 18.2. The number of halogens is 2. The second-order valence-corrected chi connectivity index (χ2v) is 8.04. The molecule has 0 bridgehead atoms. The van der Waals surface area contributed by atoms with E-state index in [2.05, 4.69) is 47.4 Å². The van der Waals surface area contributed by atoms with E-state index in [0.29, 0.717) is 18.0 Å². The van der Waals surface area contributed by atoms with E-state index in [4.69, 9.17) is 5.73 Å². The van der Waals surface area contributed by atoms with Gasteiger partial charge in [-0.25, -0.2) is 0 Å². The number of pyridine rings is 1. The number of nitrogens with two attached hydrogens (primary N) is 1. The third kappa shape index (κ3) is 6.32. The van der Waals surface area contributed by atoms with E-state index >= 15 is 0 Å². The number of hydrogen-bond acceptors (Lipinski definition) is 3. The van der Waals surface area contributed by atoms with Crippen LogP contribution in [0.4, 0.5) is 0 Å². The van der Waals surface area contributed by atoms with Gasteiger partial charge in [-0.1, -0.05) is 54.6 Å². The molecule has 0 saturated carbocycles. The van der Waals surface area contributed by atoms with Crippen molar-refractivity contribution in [2.24, 2.45) is 5.73 Å². The molecular weight excluding hydrogens is 441 g/mol. The molecule has 170 valence electrons. The number of aryl methyl sites for hydroxylation is 2. The molecule has 4 rings (SSSR count). The van der Waals surface area contributed by atoms with Crippen LogP contribution in [-0.2, 0) is 19.4 Å². The van der Waals surface area contributed by atoms with E-state index in [1.54, 1.807) is 6.20 Å². The second-order valence-electron chi connectivity index (χ2n) is 8.04. The minimum absolute atomic E-state index is 0. The first-order valence-electron chi connectivity index (χ1n) is 10.8. The molecule has 3 aromatic rings. The fraction of sp³-hybridized carbons (Fsp3) is 0.308. The molecule has 0 unspecified atom stereocenters. The van der Waals surface area contributed by atoms with Crippen LogP contribution in [0.15, 0.2) is 73.1 Å². The van der Waals surface area contributed by atoms with Gasteiger partial charge in [-0.2, -0.15) is 0 Å². The molecule has 32 heavy (non-hydrogen) atoms. The molecule has 1 fully saturated rings. The summed E-state index contributed by atoms with van der Waals surface area (Å²) >= 11 is 0. The largest absolute Gasteiger partial charge is 0.339 e. The lowest BCUT2D eigenvalue weighted by molar-refractivity contribution is 0.0712. The number of carbonyl (C=O) groups excluding carboxylic acids is 1. The van der Waals surface area contributed by atoms with Gasteiger partial charge in [0.1, 0.15) is 0 Å². The van der Waals surface area contributed by atoms with E-state index in [-0.39, 0.29) is 30.7 Å². The van der Waals surface area contributed by atoms with Crippen molar-refractivity contribution in [1.82, 2.24) is 9.88 Å². The van der Waals surface area contributed by atoms with Gasteiger partial charge in [0.15, 0.2) is 0 Å². The zero-order valence-corrected chi connectivity index (χ0v) is 19.8. The van der Waals surface area contributed by atoms with Crippen molar-refractivity contribution in [2.75, 3.05) is 13.1 Å². The highest BCUT2D eigenvalue weighted by Gasteiger charge is 2.25. The lowest BCUT2D eigenvalue weighted by Crippen LogP contribution is -2.38. The van der Waals surface area contributed by atoms with Crippen LogP contribution in [-0.4, -0.2) is 28.9 Å². The fourth-order valence-electron chi connectivity index (χ4n) is 4.37. The third-order valence-corrected chi connectivity index (χ3v) is 6.08. The summed E-state index contributed by atoms with van der Waals surface area (Å²) in [4.78, 5) is 19.4. The van der Waals surface area contributed by atoms with Crippen molar-refractivity contribution in [3.05, 3.63) is 101 Å². The summed E-state index contributed by atoms with van der Waals surface area (Å²) < 4.78 is 0. The van der Waals surface area contributed by atoms with Crippen LogP contribution in [0.25, 0.3) is 0 Å². The van der Waals surface area contributed by atoms with E-state index in [9.17, 15) is 4.79 Å². The summed E-state index contributed by atoms with van der Waals surface area (Å²) in [6, 6.07) is 20.8. The molecule has 0 atom stereocenters. The molecule has 1 aliphatic heterocycles. The lowest BCUT2D eigenvalue weighted by Gasteiger charge is -2.33. The molecule has 2 heterocycles. The van der Waals surface area contributed by atoms with Crippen LogP contribution in [0.2, 0.25) is 0 Å². The topological polar surface area (TPSA) is 59.2 Å². The van der Waals surface area contributed by atoms with E-state index < -0.39 is 0 Å². The van der Waals surface area contributed by atoms with Crippen molar-refractivity contribution in [1.29, 1.82) is 0 Å². The van der Waals surface area contributed by atoms with Crippen molar-refractivity contribution >= 4 is 30.7 Å². The predicted molar refractivity (Wildman–Crippen MR) is 135 cm³/mol.